The van der Waals surface area contributed by atoms with Crippen molar-refractivity contribution in [2.75, 3.05) is 11.4 Å². The zero-order chi connectivity index (χ0) is 24.3. The molecule has 0 spiro atoms. The second-order valence-electron chi connectivity index (χ2n) is 7.53. The van der Waals surface area contributed by atoms with E-state index < -0.39 is 33.8 Å². The molecule has 1 aliphatic rings. The Morgan fingerprint density at radius 1 is 1.06 bits per heavy atom. The summed E-state index contributed by atoms with van der Waals surface area (Å²) in [6.07, 6.45) is 0.188. The summed E-state index contributed by atoms with van der Waals surface area (Å²) in [5.41, 5.74) is 1.05. The summed E-state index contributed by atoms with van der Waals surface area (Å²) < 4.78 is 27.7. The number of primary sulfonamides is 1. The predicted molar refractivity (Wildman–Crippen MR) is 118 cm³/mol. The first-order chi connectivity index (χ1) is 15.5. The van der Waals surface area contributed by atoms with Crippen LogP contribution in [-0.2, 0) is 35.6 Å². The molecule has 11 heteroatoms. The van der Waals surface area contributed by atoms with E-state index in [1.165, 1.54) is 55.1 Å². The molecule has 3 amide bonds. The number of carbonyl (C=O) groups is 4. The smallest absolute Gasteiger partial charge is 0.308 e. The maximum Gasteiger partial charge on any atom is 0.308 e. The van der Waals surface area contributed by atoms with Crippen molar-refractivity contribution in [2.24, 2.45) is 5.14 Å². The van der Waals surface area contributed by atoms with Gasteiger partial charge in [-0.2, -0.15) is 0 Å². The van der Waals surface area contributed by atoms with Crippen LogP contribution >= 0.6 is 0 Å². The molecule has 10 nitrogen and oxygen atoms in total. The SMILES string of the molecule is CC(=O)Oc1ccc(N2C(=O)CC(N(CCc3ccc(S(N)(=O)=O)cc3)C(C)=O)C2=O)cc1. The Hall–Kier alpha value is -3.57. The topological polar surface area (TPSA) is 144 Å². The molecule has 1 fully saturated rings. The molecule has 2 N–H and O–H groups in total. The van der Waals surface area contributed by atoms with Crippen molar-refractivity contribution >= 4 is 39.4 Å². The van der Waals surface area contributed by atoms with Gasteiger partial charge in [0, 0.05) is 20.4 Å². The summed E-state index contributed by atoms with van der Waals surface area (Å²) >= 11 is 0. The van der Waals surface area contributed by atoms with E-state index in [2.05, 4.69) is 0 Å². The van der Waals surface area contributed by atoms with Crippen LogP contribution in [0.5, 0.6) is 5.75 Å². The Morgan fingerprint density at radius 2 is 1.67 bits per heavy atom. The number of benzene rings is 2. The van der Waals surface area contributed by atoms with Crippen molar-refractivity contribution in [3.8, 4) is 5.75 Å². The molecule has 2 aromatic carbocycles. The Labute approximate surface area is 191 Å². The summed E-state index contributed by atoms with van der Waals surface area (Å²) in [7, 11) is -3.81. The van der Waals surface area contributed by atoms with E-state index in [0.29, 0.717) is 12.1 Å². The van der Waals surface area contributed by atoms with Crippen molar-refractivity contribution in [3.63, 3.8) is 0 Å². The normalized spacial score (nSPS) is 16.1. The minimum Gasteiger partial charge on any atom is -0.427 e. The zero-order valence-corrected chi connectivity index (χ0v) is 18.9. The average Bonchev–Trinajstić information content (AvgIpc) is 3.02. The monoisotopic (exact) mass is 473 g/mol. The molecule has 0 bridgehead atoms. The van der Waals surface area contributed by atoms with Gasteiger partial charge >= 0.3 is 5.97 Å². The molecule has 1 saturated heterocycles. The van der Waals surface area contributed by atoms with Crippen LogP contribution in [0.2, 0.25) is 0 Å². The van der Waals surface area contributed by atoms with E-state index in [1.54, 1.807) is 12.1 Å². The van der Waals surface area contributed by atoms with Crippen LogP contribution in [0.3, 0.4) is 0 Å². The number of carbonyl (C=O) groups excluding carboxylic acids is 4. The largest absolute Gasteiger partial charge is 0.427 e. The van der Waals surface area contributed by atoms with Gasteiger partial charge in [0.2, 0.25) is 21.8 Å². The minimum absolute atomic E-state index is 0.0263. The van der Waals surface area contributed by atoms with Gasteiger partial charge in [0.25, 0.3) is 5.91 Å². The summed E-state index contributed by atoms with van der Waals surface area (Å²) in [6.45, 7) is 2.74. The van der Waals surface area contributed by atoms with E-state index in [9.17, 15) is 27.6 Å². The lowest BCUT2D eigenvalue weighted by atomic mass is 10.1. The molecular weight excluding hydrogens is 450 g/mol. The summed E-state index contributed by atoms with van der Waals surface area (Å²) in [6, 6.07) is 10.9. The minimum atomic E-state index is -3.81. The van der Waals surface area contributed by atoms with Crippen LogP contribution in [-0.4, -0.2) is 49.6 Å². The second kappa shape index (κ2) is 9.51. The van der Waals surface area contributed by atoms with Gasteiger partial charge in [-0.3, -0.25) is 19.2 Å². The molecule has 1 atom stereocenters. The summed E-state index contributed by atoms with van der Waals surface area (Å²) in [5.74, 6) is -1.56. The Balaban J connectivity index is 1.73. The number of anilines is 1. The van der Waals surface area contributed by atoms with Gasteiger partial charge in [-0.15, -0.1) is 0 Å². The number of imide groups is 1. The van der Waals surface area contributed by atoms with Gasteiger partial charge in [-0.05, 0) is 48.4 Å². The highest BCUT2D eigenvalue weighted by molar-refractivity contribution is 7.89. The molecule has 1 aliphatic heterocycles. The van der Waals surface area contributed by atoms with Gasteiger partial charge in [0.05, 0.1) is 17.0 Å². The highest BCUT2D eigenvalue weighted by Crippen LogP contribution is 2.28. The summed E-state index contributed by atoms with van der Waals surface area (Å²) in [5, 5.41) is 5.09. The van der Waals surface area contributed by atoms with E-state index in [-0.39, 0.29) is 29.5 Å². The Morgan fingerprint density at radius 3 is 2.18 bits per heavy atom. The van der Waals surface area contributed by atoms with Gasteiger partial charge in [0.15, 0.2) is 0 Å². The Kier molecular flexibility index (Phi) is 6.94. The van der Waals surface area contributed by atoms with Crippen molar-refractivity contribution in [1.29, 1.82) is 0 Å². The number of amides is 3. The lowest BCUT2D eigenvalue weighted by Crippen LogP contribution is -2.45. The number of hydrogen-bond acceptors (Lipinski definition) is 7. The van der Waals surface area contributed by atoms with Crippen LogP contribution in [0.4, 0.5) is 5.69 Å². The maximum atomic E-state index is 13.0. The molecule has 1 unspecified atom stereocenters. The van der Waals surface area contributed by atoms with Crippen molar-refractivity contribution in [1.82, 2.24) is 4.90 Å². The number of nitrogens with zero attached hydrogens (tertiary/aromatic N) is 2. The van der Waals surface area contributed by atoms with Crippen LogP contribution < -0.4 is 14.8 Å². The molecule has 33 heavy (non-hydrogen) atoms. The molecule has 0 aromatic heterocycles. The predicted octanol–water partition coefficient (Wildman–Crippen LogP) is 0.982. The highest BCUT2D eigenvalue weighted by atomic mass is 32.2. The first kappa shape index (κ1) is 24.1. The average molecular weight is 474 g/mol. The molecule has 0 saturated carbocycles. The quantitative estimate of drug-likeness (QED) is 0.359. The molecule has 1 heterocycles. The first-order valence-electron chi connectivity index (χ1n) is 10.0. The van der Waals surface area contributed by atoms with Gasteiger partial charge in [0.1, 0.15) is 11.8 Å². The van der Waals surface area contributed by atoms with Crippen LogP contribution in [0.25, 0.3) is 0 Å². The molecule has 174 valence electrons. The number of ether oxygens (including phenoxy) is 1. The van der Waals surface area contributed by atoms with Crippen molar-refractivity contribution in [2.45, 2.75) is 37.6 Å². The summed E-state index contributed by atoms with van der Waals surface area (Å²) in [4.78, 5) is 51.3. The molecule has 2 aromatic rings. The number of rotatable bonds is 7. The lowest BCUT2D eigenvalue weighted by molar-refractivity contribution is -0.136. The van der Waals surface area contributed by atoms with E-state index in [0.717, 1.165) is 10.5 Å². The van der Waals surface area contributed by atoms with Gasteiger partial charge in [-0.25, -0.2) is 18.5 Å². The third-order valence-corrected chi connectivity index (χ3v) is 6.08. The van der Waals surface area contributed by atoms with Crippen LogP contribution in [0.1, 0.15) is 25.8 Å². The number of nitrogens with two attached hydrogens (primary N) is 1. The third-order valence-electron chi connectivity index (χ3n) is 5.15. The molecule has 0 radical (unpaired) electrons. The van der Waals surface area contributed by atoms with E-state index >= 15 is 0 Å². The molecule has 3 rings (SSSR count). The molecule has 0 aliphatic carbocycles. The fourth-order valence-electron chi connectivity index (χ4n) is 3.59. The first-order valence-corrected chi connectivity index (χ1v) is 11.6. The van der Waals surface area contributed by atoms with Crippen molar-refractivity contribution in [3.05, 3.63) is 54.1 Å². The maximum absolute atomic E-state index is 13.0. The number of esters is 1. The van der Waals surface area contributed by atoms with E-state index in [4.69, 9.17) is 9.88 Å². The fourth-order valence-corrected chi connectivity index (χ4v) is 4.10. The van der Waals surface area contributed by atoms with Gasteiger partial charge < -0.3 is 9.64 Å². The molecular formula is C22H23N3O7S. The fraction of sp³-hybridized carbons (Fsp3) is 0.273. The van der Waals surface area contributed by atoms with Crippen LogP contribution in [0.15, 0.2) is 53.4 Å². The third kappa shape index (κ3) is 5.62. The standard InChI is InChI=1S/C22H23N3O7S/c1-14(26)24(12-11-16-3-9-19(10-4-16)33(23,30)31)20-13-21(28)25(22(20)29)17-5-7-18(8-6-17)32-15(2)27/h3-10,20H,11-13H2,1-2H3,(H2,23,30,31). The van der Waals surface area contributed by atoms with Gasteiger partial charge in [-0.1, -0.05) is 12.1 Å². The van der Waals surface area contributed by atoms with Crippen molar-refractivity contribution < 1.29 is 32.3 Å². The Bertz CT molecular complexity index is 1190. The van der Waals surface area contributed by atoms with E-state index in [1.807, 2.05) is 0 Å². The van der Waals surface area contributed by atoms with Crippen LogP contribution in [0, 0.1) is 0 Å². The highest BCUT2D eigenvalue weighted by Gasteiger charge is 2.43. The number of hydrogen-bond donors (Lipinski definition) is 1. The lowest BCUT2D eigenvalue weighted by Gasteiger charge is -2.26. The zero-order valence-electron chi connectivity index (χ0n) is 18.1. The second-order valence-corrected chi connectivity index (χ2v) is 9.09. The number of sulfonamides is 1.